The first-order valence-corrected chi connectivity index (χ1v) is 5.93. The number of hydrogen-bond donors (Lipinski definition) is 2. The standard InChI is InChI=1S/C11H19N3.C2H6/c1-9-4-5-10(14-8-9)13-7-6-11(2,3)12;1-2/h4-5,8H,6-7,12H2,1-3H3,(H,13,14);1-2H3. The van der Waals surface area contributed by atoms with Gasteiger partial charge in [0.25, 0.3) is 0 Å². The van der Waals surface area contributed by atoms with Gasteiger partial charge in [0, 0.05) is 18.3 Å². The van der Waals surface area contributed by atoms with Crippen molar-refractivity contribution >= 4 is 5.82 Å². The van der Waals surface area contributed by atoms with Crippen LogP contribution >= 0.6 is 0 Å². The average molecular weight is 223 g/mol. The molecule has 0 spiro atoms. The van der Waals surface area contributed by atoms with Gasteiger partial charge in [0.05, 0.1) is 0 Å². The molecule has 0 aliphatic heterocycles. The van der Waals surface area contributed by atoms with Crippen LogP contribution in [0.2, 0.25) is 0 Å². The Morgan fingerprint density at radius 1 is 1.31 bits per heavy atom. The van der Waals surface area contributed by atoms with E-state index in [0.717, 1.165) is 18.8 Å². The molecule has 3 nitrogen and oxygen atoms in total. The van der Waals surface area contributed by atoms with E-state index in [-0.39, 0.29) is 5.54 Å². The fourth-order valence-electron chi connectivity index (χ4n) is 1.09. The highest BCUT2D eigenvalue weighted by Gasteiger charge is 2.09. The van der Waals surface area contributed by atoms with E-state index in [2.05, 4.69) is 10.3 Å². The number of pyridine rings is 1. The average Bonchev–Trinajstić information content (AvgIpc) is 2.22. The minimum Gasteiger partial charge on any atom is -0.370 e. The van der Waals surface area contributed by atoms with Crippen molar-refractivity contribution in [2.45, 2.75) is 46.6 Å². The molecule has 0 unspecified atom stereocenters. The van der Waals surface area contributed by atoms with Crippen LogP contribution in [0.4, 0.5) is 5.82 Å². The fraction of sp³-hybridized carbons (Fsp3) is 0.615. The number of aromatic nitrogens is 1. The molecule has 92 valence electrons. The minimum absolute atomic E-state index is 0.113. The molecule has 1 aromatic rings. The lowest BCUT2D eigenvalue weighted by molar-refractivity contribution is 0.490. The molecule has 3 N–H and O–H groups in total. The Labute approximate surface area is 99.5 Å². The summed E-state index contributed by atoms with van der Waals surface area (Å²) in [4.78, 5) is 4.25. The third-order valence-electron chi connectivity index (χ3n) is 1.99. The first kappa shape index (κ1) is 14.9. The predicted molar refractivity (Wildman–Crippen MR) is 71.7 cm³/mol. The molecule has 0 radical (unpaired) electrons. The van der Waals surface area contributed by atoms with Crippen molar-refractivity contribution in [1.82, 2.24) is 4.98 Å². The van der Waals surface area contributed by atoms with Crippen molar-refractivity contribution in [2.75, 3.05) is 11.9 Å². The van der Waals surface area contributed by atoms with Gasteiger partial charge in [0.1, 0.15) is 5.82 Å². The van der Waals surface area contributed by atoms with Gasteiger partial charge in [-0.25, -0.2) is 4.98 Å². The summed E-state index contributed by atoms with van der Waals surface area (Å²) in [6.07, 6.45) is 2.79. The first-order chi connectivity index (χ1) is 7.47. The number of nitrogens with two attached hydrogens (primary N) is 1. The second-order valence-corrected chi connectivity index (χ2v) is 4.39. The van der Waals surface area contributed by atoms with E-state index in [9.17, 15) is 0 Å². The predicted octanol–water partition coefficient (Wildman–Crippen LogP) is 2.96. The number of rotatable bonds is 4. The molecular formula is C13H25N3. The van der Waals surface area contributed by atoms with E-state index in [1.807, 2.05) is 52.9 Å². The van der Waals surface area contributed by atoms with E-state index in [0.29, 0.717) is 0 Å². The van der Waals surface area contributed by atoms with Gasteiger partial charge in [-0.15, -0.1) is 0 Å². The smallest absolute Gasteiger partial charge is 0.125 e. The fourth-order valence-corrected chi connectivity index (χ4v) is 1.09. The van der Waals surface area contributed by atoms with Crippen LogP contribution < -0.4 is 11.1 Å². The van der Waals surface area contributed by atoms with Crippen molar-refractivity contribution in [3.8, 4) is 0 Å². The van der Waals surface area contributed by atoms with Crippen molar-refractivity contribution in [2.24, 2.45) is 5.73 Å². The Morgan fingerprint density at radius 2 is 1.94 bits per heavy atom. The SMILES string of the molecule is CC.Cc1ccc(NCCC(C)(C)N)nc1. The third-order valence-corrected chi connectivity index (χ3v) is 1.99. The van der Waals surface area contributed by atoms with Gasteiger partial charge in [-0.05, 0) is 38.8 Å². The zero-order valence-corrected chi connectivity index (χ0v) is 11.2. The lowest BCUT2D eigenvalue weighted by Crippen LogP contribution is -2.34. The lowest BCUT2D eigenvalue weighted by atomic mass is 10.0. The van der Waals surface area contributed by atoms with Crippen LogP contribution in [0.5, 0.6) is 0 Å². The Hall–Kier alpha value is -1.09. The molecular weight excluding hydrogens is 198 g/mol. The summed E-state index contributed by atoms with van der Waals surface area (Å²) in [6.45, 7) is 10.9. The molecule has 0 fully saturated rings. The summed E-state index contributed by atoms with van der Waals surface area (Å²) >= 11 is 0. The Kier molecular flexibility index (Phi) is 6.74. The summed E-state index contributed by atoms with van der Waals surface area (Å²) in [6, 6.07) is 4.03. The molecule has 0 bridgehead atoms. The summed E-state index contributed by atoms with van der Waals surface area (Å²) in [5, 5.41) is 3.24. The molecule has 0 aliphatic rings. The molecule has 1 rings (SSSR count). The van der Waals surface area contributed by atoms with E-state index >= 15 is 0 Å². The second-order valence-electron chi connectivity index (χ2n) is 4.39. The maximum atomic E-state index is 5.86. The zero-order valence-electron chi connectivity index (χ0n) is 11.2. The van der Waals surface area contributed by atoms with E-state index < -0.39 is 0 Å². The van der Waals surface area contributed by atoms with Crippen molar-refractivity contribution in [1.29, 1.82) is 0 Å². The van der Waals surface area contributed by atoms with Gasteiger partial charge in [0.15, 0.2) is 0 Å². The highest BCUT2D eigenvalue weighted by Crippen LogP contribution is 2.06. The van der Waals surface area contributed by atoms with Gasteiger partial charge >= 0.3 is 0 Å². The monoisotopic (exact) mass is 223 g/mol. The number of hydrogen-bond acceptors (Lipinski definition) is 3. The van der Waals surface area contributed by atoms with Gasteiger partial charge < -0.3 is 11.1 Å². The number of nitrogens with one attached hydrogen (secondary N) is 1. The normalized spacial score (nSPS) is 10.4. The largest absolute Gasteiger partial charge is 0.370 e. The van der Waals surface area contributed by atoms with Crippen molar-refractivity contribution in [3.63, 3.8) is 0 Å². The van der Waals surface area contributed by atoms with Gasteiger partial charge in [-0.3, -0.25) is 0 Å². The quantitative estimate of drug-likeness (QED) is 0.825. The third kappa shape index (κ3) is 7.23. The van der Waals surface area contributed by atoms with Crippen LogP contribution in [0.25, 0.3) is 0 Å². The molecule has 1 aromatic heterocycles. The minimum atomic E-state index is -0.113. The number of aryl methyl sites for hydroxylation is 1. The summed E-state index contributed by atoms with van der Waals surface area (Å²) in [5.41, 5.74) is 6.93. The van der Waals surface area contributed by atoms with Crippen LogP contribution in [-0.4, -0.2) is 17.1 Å². The van der Waals surface area contributed by atoms with Crippen LogP contribution in [0, 0.1) is 6.92 Å². The molecule has 16 heavy (non-hydrogen) atoms. The van der Waals surface area contributed by atoms with Crippen LogP contribution in [-0.2, 0) is 0 Å². The van der Waals surface area contributed by atoms with Crippen molar-refractivity contribution in [3.05, 3.63) is 23.9 Å². The maximum absolute atomic E-state index is 5.86. The highest BCUT2D eigenvalue weighted by molar-refractivity contribution is 5.34. The molecule has 0 amide bonds. The molecule has 0 saturated carbocycles. The molecule has 3 heteroatoms. The summed E-state index contributed by atoms with van der Waals surface area (Å²) in [7, 11) is 0. The van der Waals surface area contributed by atoms with Crippen molar-refractivity contribution < 1.29 is 0 Å². The molecule has 0 aromatic carbocycles. The van der Waals surface area contributed by atoms with Gasteiger partial charge in [0.2, 0.25) is 0 Å². The van der Waals surface area contributed by atoms with Gasteiger partial charge in [-0.2, -0.15) is 0 Å². The number of anilines is 1. The topological polar surface area (TPSA) is 50.9 Å². The Morgan fingerprint density at radius 3 is 2.38 bits per heavy atom. The van der Waals surface area contributed by atoms with E-state index in [1.54, 1.807) is 0 Å². The first-order valence-electron chi connectivity index (χ1n) is 5.93. The zero-order chi connectivity index (χ0) is 12.6. The summed E-state index contributed by atoms with van der Waals surface area (Å²) in [5.74, 6) is 0.917. The molecule has 0 aliphatic carbocycles. The molecule has 0 atom stereocenters. The van der Waals surface area contributed by atoms with Crippen LogP contribution in [0.3, 0.4) is 0 Å². The second kappa shape index (κ2) is 7.23. The molecule has 0 saturated heterocycles. The maximum Gasteiger partial charge on any atom is 0.125 e. The van der Waals surface area contributed by atoms with E-state index in [1.165, 1.54) is 5.56 Å². The van der Waals surface area contributed by atoms with Crippen LogP contribution in [0.1, 0.15) is 39.7 Å². The lowest BCUT2D eigenvalue weighted by Gasteiger charge is -2.18. The Balaban J connectivity index is 0.00000106. The van der Waals surface area contributed by atoms with Crippen LogP contribution in [0.15, 0.2) is 18.3 Å². The summed E-state index contributed by atoms with van der Waals surface area (Å²) < 4.78 is 0. The number of nitrogens with zero attached hydrogens (tertiary/aromatic N) is 1. The Bertz CT molecular complexity index is 272. The highest BCUT2D eigenvalue weighted by atomic mass is 15.0. The van der Waals surface area contributed by atoms with E-state index in [4.69, 9.17) is 5.73 Å². The van der Waals surface area contributed by atoms with Gasteiger partial charge in [-0.1, -0.05) is 19.9 Å². The molecule has 1 heterocycles.